The standard InChI is InChI=1S/C11H18BrNO2S/c1-8(4-3-5-14)13-7-9-6-10(12)11(15-2)16-9/h6,8,13-14H,3-5,7H2,1-2H3. The molecule has 0 amide bonds. The minimum Gasteiger partial charge on any atom is -0.486 e. The molecule has 0 saturated heterocycles. The van der Waals surface area contributed by atoms with Crippen LogP contribution in [0.4, 0.5) is 0 Å². The van der Waals surface area contributed by atoms with Gasteiger partial charge in [-0.15, -0.1) is 11.3 Å². The SMILES string of the molecule is COc1sc(CNC(C)CCCO)cc1Br. The van der Waals surface area contributed by atoms with Crippen LogP contribution in [0.25, 0.3) is 0 Å². The molecule has 1 aromatic rings. The lowest BCUT2D eigenvalue weighted by Crippen LogP contribution is -2.25. The van der Waals surface area contributed by atoms with Gasteiger partial charge in [0.1, 0.15) is 0 Å². The summed E-state index contributed by atoms with van der Waals surface area (Å²) in [5.41, 5.74) is 0. The predicted molar refractivity (Wildman–Crippen MR) is 71.2 cm³/mol. The molecular weight excluding hydrogens is 290 g/mol. The van der Waals surface area contributed by atoms with Crippen molar-refractivity contribution in [3.63, 3.8) is 0 Å². The van der Waals surface area contributed by atoms with Gasteiger partial charge in [0, 0.05) is 24.1 Å². The second-order valence-electron chi connectivity index (χ2n) is 3.70. The van der Waals surface area contributed by atoms with Crippen molar-refractivity contribution in [2.24, 2.45) is 0 Å². The van der Waals surface area contributed by atoms with Gasteiger partial charge in [0.05, 0.1) is 11.6 Å². The molecule has 0 spiro atoms. The number of rotatable bonds is 7. The van der Waals surface area contributed by atoms with Gasteiger partial charge >= 0.3 is 0 Å². The number of halogens is 1. The first-order valence-corrected chi connectivity index (χ1v) is 6.94. The molecule has 0 radical (unpaired) electrons. The Morgan fingerprint density at radius 3 is 2.94 bits per heavy atom. The van der Waals surface area contributed by atoms with Crippen LogP contribution in [0.2, 0.25) is 0 Å². The van der Waals surface area contributed by atoms with Gasteiger partial charge < -0.3 is 15.2 Å². The van der Waals surface area contributed by atoms with Gasteiger partial charge in [0.2, 0.25) is 0 Å². The summed E-state index contributed by atoms with van der Waals surface area (Å²) in [6.45, 7) is 3.25. The van der Waals surface area contributed by atoms with E-state index in [-0.39, 0.29) is 6.61 Å². The van der Waals surface area contributed by atoms with Crippen LogP contribution in [-0.4, -0.2) is 24.9 Å². The van der Waals surface area contributed by atoms with Crippen molar-refractivity contribution >= 4 is 27.3 Å². The normalized spacial score (nSPS) is 12.8. The number of methoxy groups -OCH3 is 1. The lowest BCUT2D eigenvalue weighted by molar-refractivity contribution is 0.276. The number of ether oxygens (including phenoxy) is 1. The maximum absolute atomic E-state index is 8.72. The number of thiophene rings is 1. The summed E-state index contributed by atoms with van der Waals surface area (Å²) in [6.07, 6.45) is 1.85. The van der Waals surface area contributed by atoms with Gasteiger partial charge in [-0.05, 0) is 41.8 Å². The first-order valence-electron chi connectivity index (χ1n) is 5.33. The molecule has 5 heteroatoms. The molecule has 1 heterocycles. The summed E-state index contributed by atoms with van der Waals surface area (Å²) in [5, 5.41) is 13.1. The Hall–Kier alpha value is -0.100. The molecule has 16 heavy (non-hydrogen) atoms. The zero-order valence-electron chi connectivity index (χ0n) is 9.62. The van der Waals surface area contributed by atoms with Crippen molar-refractivity contribution < 1.29 is 9.84 Å². The monoisotopic (exact) mass is 307 g/mol. The van der Waals surface area contributed by atoms with Gasteiger partial charge in [-0.2, -0.15) is 0 Å². The highest BCUT2D eigenvalue weighted by atomic mass is 79.9. The molecule has 1 rings (SSSR count). The lowest BCUT2D eigenvalue weighted by atomic mass is 10.2. The van der Waals surface area contributed by atoms with Crippen molar-refractivity contribution in [1.82, 2.24) is 5.32 Å². The third-order valence-corrected chi connectivity index (χ3v) is 4.26. The molecule has 0 bridgehead atoms. The van der Waals surface area contributed by atoms with Crippen LogP contribution < -0.4 is 10.1 Å². The average Bonchev–Trinajstić information content (AvgIpc) is 2.64. The van der Waals surface area contributed by atoms with E-state index in [1.165, 1.54) is 4.88 Å². The summed E-state index contributed by atoms with van der Waals surface area (Å²) in [4.78, 5) is 1.25. The molecule has 0 fully saturated rings. The highest BCUT2D eigenvalue weighted by Crippen LogP contribution is 2.34. The van der Waals surface area contributed by atoms with Crippen LogP contribution >= 0.6 is 27.3 Å². The van der Waals surface area contributed by atoms with Gasteiger partial charge in [-0.1, -0.05) is 0 Å². The summed E-state index contributed by atoms with van der Waals surface area (Å²) < 4.78 is 6.22. The Labute approximate surface area is 109 Å². The van der Waals surface area contributed by atoms with Crippen molar-refractivity contribution in [2.75, 3.05) is 13.7 Å². The van der Waals surface area contributed by atoms with Crippen molar-refractivity contribution in [2.45, 2.75) is 32.4 Å². The zero-order valence-corrected chi connectivity index (χ0v) is 12.0. The first-order chi connectivity index (χ1) is 7.67. The van der Waals surface area contributed by atoms with E-state index in [0.29, 0.717) is 6.04 Å². The fourth-order valence-electron chi connectivity index (χ4n) is 1.40. The molecule has 1 atom stereocenters. The molecule has 92 valence electrons. The fraction of sp³-hybridized carbons (Fsp3) is 0.636. The number of aliphatic hydroxyl groups excluding tert-OH is 1. The summed E-state index contributed by atoms with van der Waals surface area (Å²) in [5.74, 6) is 0. The van der Waals surface area contributed by atoms with Crippen LogP contribution in [-0.2, 0) is 6.54 Å². The zero-order chi connectivity index (χ0) is 12.0. The smallest absolute Gasteiger partial charge is 0.188 e. The molecule has 0 aliphatic heterocycles. The second-order valence-corrected chi connectivity index (χ2v) is 5.65. The highest BCUT2D eigenvalue weighted by Gasteiger charge is 2.08. The van der Waals surface area contributed by atoms with Crippen LogP contribution in [0.3, 0.4) is 0 Å². The fourth-order valence-corrected chi connectivity index (χ4v) is 3.04. The van der Waals surface area contributed by atoms with Crippen molar-refractivity contribution in [3.8, 4) is 5.06 Å². The molecule has 2 N–H and O–H groups in total. The van der Waals surface area contributed by atoms with Crippen LogP contribution in [0.15, 0.2) is 10.5 Å². The number of hydrogen-bond acceptors (Lipinski definition) is 4. The number of aliphatic hydroxyl groups is 1. The van der Waals surface area contributed by atoms with Crippen LogP contribution in [0, 0.1) is 0 Å². The molecule has 3 nitrogen and oxygen atoms in total. The van der Waals surface area contributed by atoms with Crippen molar-refractivity contribution in [3.05, 3.63) is 15.4 Å². The van der Waals surface area contributed by atoms with E-state index in [9.17, 15) is 0 Å². The van der Waals surface area contributed by atoms with E-state index in [0.717, 1.165) is 28.9 Å². The van der Waals surface area contributed by atoms with E-state index in [4.69, 9.17) is 9.84 Å². The van der Waals surface area contributed by atoms with Crippen molar-refractivity contribution in [1.29, 1.82) is 0 Å². The van der Waals surface area contributed by atoms with E-state index >= 15 is 0 Å². The Bertz CT molecular complexity index is 317. The van der Waals surface area contributed by atoms with Gasteiger partial charge in [0.15, 0.2) is 5.06 Å². The van der Waals surface area contributed by atoms with E-state index in [2.05, 4.69) is 34.2 Å². The maximum atomic E-state index is 8.72. The number of hydrogen-bond donors (Lipinski definition) is 2. The minimum absolute atomic E-state index is 0.268. The van der Waals surface area contributed by atoms with Gasteiger partial charge in [-0.25, -0.2) is 0 Å². The Morgan fingerprint density at radius 1 is 1.62 bits per heavy atom. The van der Waals surface area contributed by atoms with Crippen LogP contribution in [0.5, 0.6) is 5.06 Å². The third-order valence-electron chi connectivity index (χ3n) is 2.31. The van der Waals surface area contributed by atoms with E-state index in [1.807, 2.05) is 0 Å². The number of nitrogens with one attached hydrogen (secondary N) is 1. The molecule has 0 aliphatic rings. The third kappa shape index (κ3) is 4.41. The summed E-state index contributed by atoms with van der Waals surface area (Å²) in [7, 11) is 1.68. The van der Waals surface area contributed by atoms with Crippen LogP contribution in [0.1, 0.15) is 24.6 Å². The maximum Gasteiger partial charge on any atom is 0.188 e. The molecule has 1 aromatic heterocycles. The topological polar surface area (TPSA) is 41.5 Å². The molecule has 0 saturated carbocycles. The minimum atomic E-state index is 0.268. The second kappa shape index (κ2) is 7.27. The largest absolute Gasteiger partial charge is 0.486 e. The first kappa shape index (κ1) is 14.0. The summed E-state index contributed by atoms with van der Waals surface area (Å²) >= 11 is 5.10. The predicted octanol–water partition coefficient (Wildman–Crippen LogP) is 2.77. The quantitative estimate of drug-likeness (QED) is 0.814. The van der Waals surface area contributed by atoms with E-state index in [1.54, 1.807) is 18.4 Å². The Kier molecular flexibility index (Phi) is 6.34. The lowest BCUT2D eigenvalue weighted by Gasteiger charge is -2.11. The molecular formula is C11H18BrNO2S. The Balaban J connectivity index is 2.36. The van der Waals surface area contributed by atoms with Gasteiger partial charge in [-0.3, -0.25) is 0 Å². The molecule has 0 aliphatic carbocycles. The average molecular weight is 308 g/mol. The molecule has 0 aromatic carbocycles. The van der Waals surface area contributed by atoms with E-state index < -0.39 is 0 Å². The Morgan fingerprint density at radius 2 is 2.38 bits per heavy atom. The summed E-state index contributed by atoms with van der Waals surface area (Å²) in [6, 6.07) is 2.51. The highest BCUT2D eigenvalue weighted by molar-refractivity contribution is 9.10. The van der Waals surface area contributed by atoms with Gasteiger partial charge in [0.25, 0.3) is 0 Å². The molecule has 1 unspecified atom stereocenters.